The predicted molar refractivity (Wildman–Crippen MR) is 127 cm³/mol. The van der Waals surface area contributed by atoms with Crippen molar-refractivity contribution in [3.05, 3.63) is 70.9 Å². The normalized spacial score (nSPS) is 13.5. The predicted octanol–water partition coefficient (Wildman–Crippen LogP) is 6.30. The van der Waals surface area contributed by atoms with Crippen LogP contribution in [-0.2, 0) is 17.8 Å². The lowest BCUT2D eigenvalue weighted by atomic mass is 10.0. The molecule has 0 atom stereocenters. The number of Topliss-reactive ketones (excluding diaryl/α,β-unsaturated/α-hetero) is 1. The van der Waals surface area contributed by atoms with E-state index in [2.05, 4.69) is 35.9 Å². The number of H-pyrrole nitrogens is 1. The lowest BCUT2D eigenvalue weighted by molar-refractivity contribution is -0.120. The lowest BCUT2D eigenvalue weighted by Gasteiger charge is -2.22. The molecule has 2 aromatic carbocycles. The van der Waals surface area contributed by atoms with Crippen LogP contribution >= 0.6 is 11.6 Å². The molecule has 0 radical (unpaired) electrons. The van der Waals surface area contributed by atoms with Gasteiger partial charge in [0.15, 0.2) is 0 Å². The van der Waals surface area contributed by atoms with Gasteiger partial charge in [-0.3, -0.25) is 4.79 Å². The molecular weight excluding hydrogens is 406 g/mol. The topological polar surface area (TPSA) is 49.0 Å². The van der Waals surface area contributed by atoms with E-state index < -0.39 is 0 Å². The second-order valence-electron chi connectivity index (χ2n) is 8.89. The highest BCUT2D eigenvalue weighted by atomic mass is 35.5. The summed E-state index contributed by atoms with van der Waals surface area (Å²) in [6, 6.07) is 18.2. The molecule has 1 aliphatic rings. The first-order chi connectivity index (χ1) is 15.0. The number of nitrogens with zero attached hydrogens (tertiary/aromatic N) is 2. The van der Waals surface area contributed by atoms with E-state index in [0.717, 1.165) is 42.2 Å². The molecule has 5 heteroatoms. The van der Waals surface area contributed by atoms with Crippen molar-refractivity contribution < 1.29 is 4.79 Å². The molecule has 1 saturated carbocycles. The summed E-state index contributed by atoms with van der Waals surface area (Å²) in [6.45, 7) is 5.80. The number of rotatable bonds is 10. The standard InChI is InChI=1S/C26H30ClN3O/c1-18(2)16-23-25(21-10-12-22(27)13-11-21)29-26(28-23)30(15-14-24(31)20-8-9-20)17-19-6-4-3-5-7-19/h3-7,10-13,18,20H,8-9,14-17H2,1-2H3,(H,28,29). The number of aromatic amines is 1. The maximum Gasteiger partial charge on any atom is 0.203 e. The lowest BCUT2D eigenvalue weighted by Crippen LogP contribution is -2.27. The van der Waals surface area contributed by atoms with E-state index in [-0.39, 0.29) is 5.92 Å². The van der Waals surface area contributed by atoms with Crippen LogP contribution in [0.3, 0.4) is 0 Å². The fourth-order valence-corrected chi connectivity index (χ4v) is 3.99. The van der Waals surface area contributed by atoms with Gasteiger partial charge in [-0.2, -0.15) is 0 Å². The van der Waals surface area contributed by atoms with Crippen LogP contribution in [0.4, 0.5) is 5.95 Å². The third-order valence-electron chi connectivity index (χ3n) is 5.67. The third kappa shape index (κ3) is 5.76. The number of hydrogen-bond acceptors (Lipinski definition) is 3. The van der Waals surface area contributed by atoms with Crippen LogP contribution in [0.15, 0.2) is 54.6 Å². The molecule has 3 aromatic rings. The fourth-order valence-electron chi connectivity index (χ4n) is 3.87. The van der Waals surface area contributed by atoms with Gasteiger partial charge in [0.2, 0.25) is 5.95 Å². The summed E-state index contributed by atoms with van der Waals surface area (Å²) in [6.07, 6.45) is 3.58. The number of anilines is 1. The van der Waals surface area contributed by atoms with E-state index in [1.54, 1.807) is 0 Å². The van der Waals surface area contributed by atoms with Gasteiger partial charge in [0.05, 0.1) is 5.69 Å². The Morgan fingerprint density at radius 1 is 1.13 bits per heavy atom. The SMILES string of the molecule is CC(C)Cc1[nH]c(N(CCC(=O)C2CC2)Cc2ccccc2)nc1-c1ccc(Cl)cc1. The molecule has 31 heavy (non-hydrogen) atoms. The summed E-state index contributed by atoms with van der Waals surface area (Å²) < 4.78 is 0. The molecule has 0 unspecified atom stereocenters. The zero-order valence-electron chi connectivity index (χ0n) is 18.3. The number of hydrogen-bond donors (Lipinski definition) is 1. The van der Waals surface area contributed by atoms with Crippen molar-refractivity contribution >= 4 is 23.3 Å². The smallest absolute Gasteiger partial charge is 0.203 e. The molecule has 1 N–H and O–H groups in total. The Labute approximate surface area is 189 Å². The van der Waals surface area contributed by atoms with E-state index in [9.17, 15) is 4.79 Å². The van der Waals surface area contributed by atoms with E-state index in [1.165, 1.54) is 5.56 Å². The number of carbonyl (C=O) groups excluding carboxylic acids is 1. The van der Waals surface area contributed by atoms with E-state index in [0.29, 0.717) is 36.2 Å². The van der Waals surface area contributed by atoms with Gasteiger partial charge in [0.25, 0.3) is 0 Å². The summed E-state index contributed by atoms with van der Waals surface area (Å²) in [5.41, 5.74) is 4.35. The number of ketones is 1. The average molecular weight is 436 g/mol. The van der Waals surface area contributed by atoms with E-state index in [1.807, 2.05) is 42.5 Å². The maximum absolute atomic E-state index is 12.4. The summed E-state index contributed by atoms with van der Waals surface area (Å²) in [7, 11) is 0. The Hall–Kier alpha value is -2.59. The van der Waals surface area contributed by atoms with Gasteiger partial charge in [0, 0.05) is 41.7 Å². The molecule has 1 aliphatic carbocycles. The van der Waals surface area contributed by atoms with Crippen LogP contribution in [0.5, 0.6) is 0 Å². The Morgan fingerprint density at radius 3 is 2.48 bits per heavy atom. The zero-order chi connectivity index (χ0) is 21.8. The minimum Gasteiger partial charge on any atom is -0.338 e. The van der Waals surface area contributed by atoms with E-state index >= 15 is 0 Å². The number of halogens is 1. The van der Waals surface area contributed by atoms with Crippen molar-refractivity contribution in [2.24, 2.45) is 11.8 Å². The van der Waals surface area contributed by atoms with Crippen molar-refractivity contribution in [2.75, 3.05) is 11.4 Å². The molecule has 1 heterocycles. The van der Waals surface area contributed by atoms with Crippen LogP contribution in [0.25, 0.3) is 11.3 Å². The number of nitrogens with one attached hydrogen (secondary N) is 1. The van der Waals surface area contributed by atoms with Crippen LogP contribution in [0.2, 0.25) is 5.02 Å². The molecule has 1 fully saturated rings. The van der Waals surface area contributed by atoms with Crippen LogP contribution in [0, 0.1) is 11.8 Å². The second-order valence-corrected chi connectivity index (χ2v) is 9.33. The molecule has 4 nitrogen and oxygen atoms in total. The highest BCUT2D eigenvalue weighted by Crippen LogP contribution is 2.32. The molecule has 4 rings (SSSR count). The van der Waals surface area contributed by atoms with Crippen molar-refractivity contribution in [1.82, 2.24) is 9.97 Å². The number of aromatic nitrogens is 2. The number of benzene rings is 2. The Kier molecular flexibility index (Phi) is 6.77. The second kappa shape index (κ2) is 9.69. The monoisotopic (exact) mass is 435 g/mol. The molecule has 0 aliphatic heterocycles. The largest absolute Gasteiger partial charge is 0.338 e. The van der Waals surface area contributed by atoms with Crippen LogP contribution in [0.1, 0.15) is 44.4 Å². The van der Waals surface area contributed by atoms with Gasteiger partial charge in [0.1, 0.15) is 5.78 Å². The van der Waals surface area contributed by atoms with Gasteiger partial charge in [-0.25, -0.2) is 4.98 Å². The quantitative estimate of drug-likeness (QED) is 0.406. The summed E-state index contributed by atoms with van der Waals surface area (Å²) in [5, 5.41) is 0.717. The molecule has 1 aromatic heterocycles. The minimum atomic E-state index is 0.288. The van der Waals surface area contributed by atoms with Crippen molar-refractivity contribution in [1.29, 1.82) is 0 Å². The Bertz CT molecular complexity index is 1010. The average Bonchev–Trinajstić information content (AvgIpc) is 3.53. The number of imidazole rings is 1. The van der Waals surface area contributed by atoms with Crippen LogP contribution in [-0.4, -0.2) is 22.3 Å². The van der Waals surface area contributed by atoms with Gasteiger partial charge >= 0.3 is 0 Å². The Morgan fingerprint density at radius 2 is 1.84 bits per heavy atom. The first-order valence-electron chi connectivity index (χ1n) is 11.2. The van der Waals surface area contributed by atoms with Crippen LogP contribution < -0.4 is 4.90 Å². The van der Waals surface area contributed by atoms with Gasteiger partial charge < -0.3 is 9.88 Å². The van der Waals surface area contributed by atoms with Crippen molar-refractivity contribution in [3.8, 4) is 11.3 Å². The van der Waals surface area contributed by atoms with E-state index in [4.69, 9.17) is 16.6 Å². The zero-order valence-corrected chi connectivity index (χ0v) is 19.0. The Balaban J connectivity index is 1.64. The minimum absolute atomic E-state index is 0.288. The molecule has 162 valence electrons. The van der Waals surface area contributed by atoms with Crippen molar-refractivity contribution in [3.63, 3.8) is 0 Å². The fraction of sp³-hybridized carbons (Fsp3) is 0.385. The molecule has 0 saturated heterocycles. The maximum atomic E-state index is 12.4. The molecule has 0 amide bonds. The highest BCUT2D eigenvalue weighted by molar-refractivity contribution is 6.30. The molecule has 0 bridgehead atoms. The van der Waals surface area contributed by atoms with Gasteiger partial charge in [-0.15, -0.1) is 0 Å². The van der Waals surface area contributed by atoms with Gasteiger partial charge in [-0.1, -0.05) is 67.9 Å². The summed E-state index contributed by atoms with van der Waals surface area (Å²) in [4.78, 5) is 23.2. The molecular formula is C26H30ClN3O. The summed E-state index contributed by atoms with van der Waals surface area (Å²) >= 11 is 6.10. The third-order valence-corrected chi connectivity index (χ3v) is 5.92. The highest BCUT2D eigenvalue weighted by Gasteiger charge is 2.29. The van der Waals surface area contributed by atoms with Crippen molar-refractivity contribution in [2.45, 2.75) is 46.1 Å². The van der Waals surface area contributed by atoms with Gasteiger partial charge in [-0.05, 0) is 42.9 Å². The number of carbonyl (C=O) groups is 1. The summed E-state index contributed by atoms with van der Waals surface area (Å²) in [5.74, 6) is 1.99. The first kappa shape index (κ1) is 21.6. The molecule has 0 spiro atoms. The first-order valence-corrected chi connectivity index (χ1v) is 11.5.